The van der Waals surface area contributed by atoms with Crippen LogP contribution in [0.15, 0.2) is 107 Å². The minimum atomic E-state index is -0.582. The Labute approximate surface area is 358 Å². The van der Waals surface area contributed by atoms with Crippen molar-refractivity contribution < 1.29 is 18.9 Å². The van der Waals surface area contributed by atoms with E-state index in [9.17, 15) is 0 Å². The van der Waals surface area contributed by atoms with Crippen molar-refractivity contribution in [1.82, 2.24) is 4.48 Å². The maximum Gasteiger partial charge on any atom is 0.433 e. The smallest absolute Gasteiger partial charge is 0.382 e. The summed E-state index contributed by atoms with van der Waals surface area (Å²) in [5, 5.41) is 0. The molecule has 1 aromatic heterocycles. The van der Waals surface area contributed by atoms with E-state index in [1.54, 1.807) is 14.2 Å². The van der Waals surface area contributed by atoms with E-state index in [0.717, 1.165) is 73.1 Å². The Kier molecular flexibility index (Phi) is 17.0. The van der Waals surface area contributed by atoms with Crippen molar-refractivity contribution in [3.8, 4) is 35.8 Å². The quantitative estimate of drug-likeness (QED) is 0.0611. The fourth-order valence-corrected chi connectivity index (χ4v) is 6.50. The number of nitrogens with zero attached hydrogens (tertiary/aromatic N) is 4. The van der Waals surface area contributed by atoms with Crippen molar-refractivity contribution >= 4 is 47.7 Å². The SMILES string of the molecule is C#Cc1ccc(/C(=C2N=C(/C=C\c3ccc(N(C)C)cc3)C=C/2C)c2c(C)cc(/C=C/c3ccc(N(C)C)cc3)n2B(C#CCOCCOC)C#CCOCCOC)cc1. The van der Waals surface area contributed by atoms with Gasteiger partial charge in [0.2, 0.25) is 0 Å². The molecule has 2 heterocycles. The molecule has 0 aliphatic carbocycles. The first-order chi connectivity index (χ1) is 29.1. The summed E-state index contributed by atoms with van der Waals surface area (Å²) < 4.78 is 24.1. The van der Waals surface area contributed by atoms with Gasteiger partial charge in [0.25, 0.3) is 0 Å². The number of aliphatic imine (C=N–C) groups is 1. The van der Waals surface area contributed by atoms with Gasteiger partial charge in [-0.2, -0.15) is 0 Å². The topological polar surface area (TPSA) is 60.7 Å². The number of anilines is 2. The maximum atomic E-state index is 5.84. The van der Waals surface area contributed by atoms with E-state index >= 15 is 0 Å². The Balaban J connectivity index is 1.72. The average Bonchev–Trinajstić information content (AvgIpc) is 3.79. The second-order valence-corrected chi connectivity index (χ2v) is 14.6. The molecule has 60 heavy (non-hydrogen) atoms. The molecule has 3 aromatic carbocycles. The highest BCUT2D eigenvalue weighted by Gasteiger charge is 2.27. The number of rotatable bonds is 17. The van der Waals surface area contributed by atoms with Gasteiger partial charge in [-0.1, -0.05) is 66.3 Å². The highest BCUT2D eigenvalue weighted by Crippen LogP contribution is 2.37. The number of hydrogen-bond donors (Lipinski definition) is 0. The van der Waals surface area contributed by atoms with Gasteiger partial charge in [0, 0.05) is 76.3 Å². The number of terminal acetylenes is 1. The second kappa shape index (κ2) is 22.8. The normalized spacial score (nSPS) is 13.0. The van der Waals surface area contributed by atoms with Crippen LogP contribution in [0.4, 0.5) is 11.4 Å². The van der Waals surface area contributed by atoms with Crippen LogP contribution >= 0.6 is 0 Å². The first-order valence-electron chi connectivity index (χ1n) is 20.0. The van der Waals surface area contributed by atoms with Crippen molar-refractivity contribution in [2.45, 2.75) is 13.8 Å². The van der Waals surface area contributed by atoms with Gasteiger partial charge < -0.3 is 33.2 Å². The molecule has 0 saturated heterocycles. The zero-order chi connectivity index (χ0) is 42.9. The molecule has 0 amide bonds. The van der Waals surface area contributed by atoms with E-state index in [0.29, 0.717) is 26.4 Å². The fraction of sp³-hybridized carbons (Fsp3) is 0.275. The Morgan fingerprint density at radius 2 is 1.25 bits per heavy atom. The van der Waals surface area contributed by atoms with Crippen LogP contribution in [0.1, 0.15) is 46.1 Å². The van der Waals surface area contributed by atoms with Crippen molar-refractivity contribution in [2.24, 2.45) is 4.99 Å². The lowest BCUT2D eigenvalue weighted by Crippen LogP contribution is -2.26. The summed E-state index contributed by atoms with van der Waals surface area (Å²) in [5.74, 6) is 16.2. The Morgan fingerprint density at radius 1 is 0.717 bits per heavy atom. The van der Waals surface area contributed by atoms with Crippen LogP contribution in [0, 0.1) is 42.7 Å². The minimum absolute atomic E-state index is 0.228. The molecule has 0 saturated carbocycles. The predicted molar refractivity (Wildman–Crippen MR) is 252 cm³/mol. The van der Waals surface area contributed by atoms with Crippen LogP contribution in [-0.4, -0.2) is 99.1 Å². The van der Waals surface area contributed by atoms with E-state index in [4.69, 9.17) is 30.4 Å². The summed E-state index contributed by atoms with van der Waals surface area (Å²) >= 11 is 0. The van der Waals surface area contributed by atoms with Crippen LogP contribution in [0.2, 0.25) is 0 Å². The van der Waals surface area contributed by atoms with Crippen LogP contribution < -0.4 is 9.80 Å². The Morgan fingerprint density at radius 3 is 1.75 bits per heavy atom. The molecular formula is C51H55BN4O4. The van der Waals surface area contributed by atoms with Crippen LogP contribution in [0.5, 0.6) is 0 Å². The predicted octanol–water partition coefficient (Wildman–Crippen LogP) is 8.20. The molecule has 4 aromatic rings. The first kappa shape index (κ1) is 44.9. The molecule has 0 bridgehead atoms. The van der Waals surface area contributed by atoms with Crippen molar-refractivity contribution in [1.29, 1.82) is 0 Å². The van der Waals surface area contributed by atoms with Crippen molar-refractivity contribution in [2.75, 3.05) is 91.9 Å². The number of allylic oxidation sites excluding steroid dienone is 3. The van der Waals surface area contributed by atoms with E-state index in [-0.39, 0.29) is 13.2 Å². The van der Waals surface area contributed by atoms with E-state index in [1.807, 2.05) is 40.3 Å². The van der Waals surface area contributed by atoms with Gasteiger partial charge in [0.05, 0.1) is 37.8 Å². The molecule has 8 nitrogen and oxygen atoms in total. The summed E-state index contributed by atoms with van der Waals surface area (Å²) in [6.45, 7) is 5.95. The molecule has 9 heteroatoms. The molecule has 1 aliphatic heterocycles. The summed E-state index contributed by atoms with van der Waals surface area (Å²) in [4.78, 5) is 9.48. The van der Waals surface area contributed by atoms with E-state index in [1.165, 1.54) is 0 Å². The molecule has 0 fully saturated rings. The zero-order valence-electron chi connectivity index (χ0n) is 36.2. The highest BCUT2D eigenvalue weighted by atomic mass is 16.5. The summed E-state index contributed by atoms with van der Waals surface area (Å²) in [5.41, 5.74) is 12.8. The summed E-state index contributed by atoms with van der Waals surface area (Å²) in [6.07, 6.45) is 16.4. The Bertz CT molecular complexity index is 2360. The molecule has 1 aliphatic rings. The third kappa shape index (κ3) is 12.4. The average molecular weight is 799 g/mol. The van der Waals surface area contributed by atoms with Gasteiger partial charge in [-0.05, 0) is 102 Å². The van der Waals surface area contributed by atoms with Gasteiger partial charge in [0.15, 0.2) is 0 Å². The number of aromatic nitrogens is 1. The number of methoxy groups -OCH3 is 2. The molecule has 0 radical (unpaired) electrons. The molecule has 0 unspecified atom stereocenters. The largest absolute Gasteiger partial charge is 0.433 e. The number of benzene rings is 3. The second-order valence-electron chi connectivity index (χ2n) is 14.6. The molecule has 0 N–H and O–H groups in total. The fourth-order valence-electron chi connectivity index (χ4n) is 6.50. The summed E-state index contributed by atoms with van der Waals surface area (Å²) in [7, 11) is 11.5. The number of aryl methyl sites for hydroxylation is 1. The zero-order valence-corrected chi connectivity index (χ0v) is 36.2. The van der Waals surface area contributed by atoms with Crippen LogP contribution in [0.3, 0.4) is 0 Å². The molecule has 0 atom stereocenters. The van der Waals surface area contributed by atoms with Crippen LogP contribution in [-0.2, 0) is 18.9 Å². The molecule has 5 rings (SSSR count). The lowest BCUT2D eigenvalue weighted by molar-refractivity contribution is 0.0877. The standard InChI is InChI=1S/C51H55BN4O4/c1-10-41-13-21-44(22-14-41)49(50-39(2)37-45(53-50)23-15-42-16-24-46(25-17-42)54(4)5)51-40(3)38-48(28-20-43-18-26-47(27-19-43)55(6)7)56(51)52(29-11-31-59-35-33-57-8)30-12-32-60-36-34-58-9/h1,13-28,37-38H,31-36H2,2-9H3/b23-15-,28-20+,50-49-. The van der Waals surface area contributed by atoms with Crippen molar-refractivity contribution in [3.05, 3.63) is 141 Å². The maximum absolute atomic E-state index is 5.84. The van der Waals surface area contributed by atoms with Gasteiger partial charge in [-0.15, -0.1) is 18.1 Å². The van der Waals surface area contributed by atoms with Gasteiger partial charge in [-0.3, -0.25) is 0 Å². The Hall–Kier alpha value is -6.25. The number of hydrogen-bond acceptors (Lipinski definition) is 7. The first-order valence-corrected chi connectivity index (χ1v) is 20.0. The van der Waals surface area contributed by atoms with Crippen LogP contribution in [0.25, 0.3) is 23.8 Å². The lowest BCUT2D eigenvalue weighted by atomic mass is 9.63. The highest BCUT2D eigenvalue weighted by molar-refractivity contribution is 6.74. The van der Waals surface area contributed by atoms with E-state index < -0.39 is 6.85 Å². The van der Waals surface area contributed by atoms with Crippen molar-refractivity contribution in [3.63, 3.8) is 0 Å². The molecular weight excluding hydrogens is 743 g/mol. The minimum Gasteiger partial charge on any atom is -0.382 e. The monoisotopic (exact) mass is 798 g/mol. The van der Waals surface area contributed by atoms with Gasteiger partial charge in [0.1, 0.15) is 13.2 Å². The molecule has 0 spiro atoms. The summed E-state index contributed by atoms with van der Waals surface area (Å²) in [6, 6.07) is 27.2. The molecule has 306 valence electrons. The van der Waals surface area contributed by atoms with Gasteiger partial charge in [-0.25, -0.2) is 4.99 Å². The third-order valence-electron chi connectivity index (χ3n) is 9.71. The lowest BCUT2D eigenvalue weighted by Gasteiger charge is -2.19. The number of ether oxygens (including phenoxy) is 4. The third-order valence-corrected chi connectivity index (χ3v) is 9.71. The van der Waals surface area contributed by atoms with E-state index in [2.05, 4.69) is 155 Å². The van der Waals surface area contributed by atoms with Gasteiger partial charge >= 0.3 is 6.85 Å².